The molecule has 19 heavy (non-hydrogen) atoms. The Morgan fingerprint density at radius 1 is 1.47 bits per heavy atom. The second-order valence-corrected chi connectivity index (χ2v) is 6.36. The molecule has 0 spiro atoms. The molecule has 2 atom stereocenters. The number of aliphatic carboxylic acids is 1. The van der Waals surface area contributed by atoms with Gasteiger partial charge in [0.25, 0.3) is 0 Å². The number of hydrogen-bond acceptors (Lipinski definition) is 4. The first kappa shape index (κ1) is 14.0. The highest BCUT2D eigenvalue weighted by Crippen LogP contribution is 2.58. The number of carbonyl (C=O) groups excluding carboxylic acids is 1. The lowest BCUT2D eigenvalue weighted by Crippen LogP contribution is -2.17. The zero-order chi connectivity index (χ0) is 14.2. The van der Waals surface area contributed by atoms with E-state index >= 15 is 0 Å². The van der Waals surface area contributed by atoms with Gasteiger partial charge in [-0.2, -0.15) is 0 Å². The minimum absolute atomic E-state index is 0.241. The zero-order valence-corrected chi connectivity index (χ0v) is 12.1. The molecule has 0 aromatic carbocycles. The molecule has 0 unspecified atom stereocenters. The van der Waals surface area contributed by atoms with E-state index in [0.717, 1.165) is 18.5 Å². The topological polar surface area (TPSA) is 79.3 Å². The summed E-state index contributed by atoms with van der Waals surface area (Å²) in [6.07, 6.45) is 1.90. The van der Waals surface area contributed by atoms with Gasteiger partial charge < -0.3 is 10.4 Å². The summed E-state index contributed by atoms with van der Waals surface area (Å²) in [5, 5.41) is 14.3. The smallest absolute Gasteiger partial charge is 0.307 e. The molecule has 0 saturated heterocycles. The molecule has 1 aromatic rings. The number of carboxylic acid groups (broad SMARTS) is 1. The van der Waals surface area contributed by atoms with Gasteiger partial charge >= 0.3 is 5.97 Å². The van der Waals surface area contributed by atoms with Gasteiger partial charge in [0.15, 0.2) is 5.13 Å². The Bertz CT molecular complexity index is 510. The second-order valence-electron chi connectivity index (χ2n) is 5.50. The number of carboxylic acids is 1. The fourth-order valence-corrected chi connectivity index (χ4v) is 3.25. The number of aryl methyl sites for hydroxylation is 1. The predicted octanol–water partition coefficient (Wildman–Crippen LogP) is 2.39. The van der Waals surface area contributed by atoms with Gasteiger partial charge in [0.1, 0.15) is 0 Å². The van der Waals surface area contributed by atoms with E-state index in [1.165, 1.54) is 11.3 Å². The Labute approximate surface area is 116 Å². The van der Waals surface area contributed by atoms with Crippen LogP contribution in [0.5, 0.6) is 0 Å². The van der Waals surface area contributed by atoms with Crippen molar-refractivity contribution in [2.75, 3.05) is 5.32 Å². The molecule has 1 heterocycles. The number of carbonyl (C=O) groups is 2. The van der Waals surface area contributed by atoms with E-state index < -0.39 is 23.2 Å². The number of hydrogen-bond donors (Lipinski definition) is 2. The number of rotatable bonds is 5. The SMILES string of the molecule is CCCc1csc(NC(=O)[C@@H]2[C@H](C(=O)O)C2(C)C)n1. The maximum absolute atomic E-state index is 12.1. The van der Waals surface area contributed by atoms with E-state index in [9.17, 15) is 9.59 Å². The van der Waals surface area contributed by atoms with Gasteiger partial charge in [-0.25, -0.2) is 4.98 Å². The number of amides is 1. The van der Waals surface area contributed by atoms with Crippen LogP contribution >= 0.6 is 11.3 Å². The first-order valence-electron chi connectivity index (χ1n) is 6.36. The van der Waals surface area contributed by atoms with E-state index in [1.54, 1.807) is 13.8 Å². The minimum atomic E-state index is -0.907. The number of aromatic nitrogens is 1. The summed E-state index contributed by atoms with van der Waals surface area (Å²) >= 11 is 1.38. The van der Waals surface area contributed by atoms with Crippen molar-refractivity contribution in [2.24, 2.45) is 17.3 Å². The van der Waals surface area contributed by atoms with Crippen LogP contribution in [0.2, 0.25) is 0 Å². The third-order valence-corrected chi connectivity index (χ3v) is 4.47. The van der Waals surface area contributed by atoms with Gasteiger partial charge in [-0.05, 0) is 11.8 Å². The van der Waals surface area contributed by atoms with E-state index in [-0.39, 0.29) is 5.91 Å². The fraction of sp³-hybridized carbons (Fsp3) is 0.615. The molecule has 104 valence electrons. The lowest BCUT2D eigenvalue weighted by molar-refractivity contribution is -0.140. The van der Waals surface area contributed by atoms with Gasteiger partial charge in [-0.15, -0.1) is 11.3 Å². The summed E-state index contributed by atoms with van der Waals surface area (Å²) in [7, 11) is 0. The van der Waals surface area contributed by atoms with Crippen LogP contribution in [0.3, 0.4) is 0 Å². The maximum atomic E-state index is 12.1. The number of nitrogens with zero attached hydrogens (tertiary/aromatic N) is 1. The average molecular weight is 282 g/mol. The van der Waals surface area contributed by atoms with Crippen LogP contribution in [0.25, 0.3) is 0 Å². The summed E-state index contributed by atoms with van der Waals surface area (Å²) in [5.41, 5.74) is 0.493. The first-order chi connectivity index (χ1) is 8.87. The van der Waals surface area contributed by atoms with Gasteiger partial charge in [0, 0.05) is 5.38 Å². The van der Waals surface area contributed by atoms with Crippen LogP contribution in [0.15, 0.2) is 5.38 Å². The lowest BCUT2D eigenvalue weighted by Gasteiger charge is -2.02. The highest BCUT2D eigenvalue weighted by Gasteiger charge is 2.65. The lowest BCUT2D eigenvalue weighted by atomic mass is 10.1. The van der Waals surface area contributed by atoms with Crippen molar-refractivity contribution >= 4 is 28.3 Å². The molecule has 0 aliphatic heterocycles. The molecular weight excluding hydrogens is 264 g/mol. The van der Waals surface area contributed by atoms with Crippen LogP contribution in [0.4, 0.5) is 5.13 Å². The molecule has 5 nitrogen and oxygen atoms in total. The summed E-state index contributed by atoms with van der Waals surface area (Å²) in [6, 6.07) is 0. The molecule has 1 amide bonds. The van der Waals surface area contributed by atoms with Crippen LogP contribution in [-0.2, 0) is 16.0 Å². The van der Waals surface area contributed by atoms with Gasteiger partial charge in [-0.1, -0.05) is 27.2 Å². The Hall–Kier alpha value is -1.43. The second kappa shape index (κ2) is 4.92. The highest BCUT2D eigenvalue weighted by molar-refractivity contribution is 7.13. The fourth-order valence-electron chi connectivity index (χ4n) is 2.51. The number of anilines is 1. The molecular formula is C13H18N2O3S. The summed E-state index contributed by atoms with van der Waals surface area (Å²) in [4.78, 5) is 27.4. The largest absolute Gasteiger partial charge is 0.481 e. The Balaban J connectivity index is 2.00. The Morgan fingerprint density at radius 2 is 2.16 bits per heavy atom. The molecule has 0 bridgehead atoms. The van der Waals surface area contributed by atoms with Crippen molar-refractivity contribution in [3.05, 3.63) is 11.1 Å². The summed E-state index contributed by atoms with van der Waals surface area (Å²) in [5.74, 6) is -2.21. The van der Waals surface area contributed by atoms with Crippen LogP contribution in [0, 0.1) is 17.3 Å². The molecule has 1 fully saturated rings. The minimum Gasteiger partial charge on any atom is -0.481 e. The van der Waals surface area contributed by atoms with Gasteiger partial charge in [0.2, 0.25) is 5.91 Å². The van der Waals surface area contributed by atoms with Crippen molar-refractivity contribution in [3.8, 4) is 0 Å². The molecule has 1 aliphatic carbocycles. The van der Waals surface area contributed by atoms with Gasteiger partial charge in [0.05, 0.1) is 17.5 Å². The van der Waals surface area contributed by atoms with Crippen molar-refractivity contribution in [1.82, 2.24) is 4.98 Å². The Morgan fingerprint density at radius 3 is 2.68 bits per heavy atom. The third kappa shape index (κ3) is 2.63. The van der Waals surface area contributed by atoms with Crippen molar-refractivity contribution in [1.29, 1.82) is 0 Å². The first-order valence-corrected chi connectivity index (χ1v) is 7.24. The van der Waals surface area contributed by atoms with Crippen LogP contribution in [-0.4, -0.2) is 22.0 Å². The summed E-state index contributed by atoms with van der Waals surface area (Å²) in [6.45, 7) is 5.68. The quantitative estimate of drug-likeness (QED) is 0.869. The normalized spacial score (nSPS) is 23.9. The highest BCUT2D eigenvalue weighted by atomic mass is 32.1. The number of thiazole rings is 1. The van der Waals surface area contributed by atoms with E-state index in [1.807, 2.05) is 5.38 Å². The molecule has 2 N–H and O–H groups in total. The van der Waals surface area contributed by atoms with Crippen LogP contribution < -0.4 is 5.32 Å². The third-order valence-electron chi connectivity index (χ3n) is 3.66. The molecule has 1 aliphatic rings. The zero-order valence-electron chi connectivity index (χ0n) is 11.3. The van der Waals surface area contributed by atoms with Crippen LogP contribution in [0.1, 0.15) is 32.9 Å². The maximum Gasteiger partial charge on any atom is 0.307 e. The van der Waals surface area contributed by atoms with Crippen molar-refractivity contribution in [2.45, 2.75) is 33.6 Å². The molecule has 2 rings (SSSR count). The molecule has 0 radical (unpaired) electrons. The van der Waals surface area contributed by atoms with Crippen molar-refractivity contribution in [3.63, 3.8) is 0 Å². The molecule has 6 heteroatoms. The van der Waals surface area contributed by atoms with E-state index in [2.05, 4.69) is 17.2 Å². The summed E-state index contributed by atoms with van der Waals surface area (Å²) < 4.78 is 0. The Kier molecular flexibility index (Phi) is 3.62. The van der Waals surface area contributed by atoms with E-state index in [0.29, 0.717) is 5.13 Å². The number of nitrogens with one attached hydrogen (secondary N) is 1. The standard InChI is InChI=1S/C13H18N2O3S/c1-4-5-7-6-19-12(14-7)15-10(16)8-9(11(17)18)13(8,2)3/h6,8-9H,4-5H2,1-3H3,(H,17,18)(H,14,15,16)/t8-,9+/m0/s1. The van der Waals surface area contributed by atoms with Gasteiger partial charge in [-0.3, -0.25) is 9.59 Å². The molecule has 1 saturated carbocycles. The average Bonchev–Trinajstić information content (AvgIpc) is 2.65. The predicted molar refractivity (Wildman–Crippen MR) is 73.1 cm³/mol. The monoisotopic (exact) mass is 282 g/mol. The van der Waals surface area contributed by atoms with Crippen molar-refractivity contribution < 1.29 is 14.7 Å². The molecule has 1 aromatic heterocycles. The van der Waals surface area contributed by atoms with E-state index in [4.69, 9.17) is 5.11 Å².